The lowest BCUT2D eigenvalue weighted by Gasteiger charge is -2.15. The van der Waals surface area contributed by atoms with Gasteiger partial charge < -0.3 is 25.8 Å². The standard InChI is InChI=1S/C12H16N6O8/c13-11-14-8-5(9(23)15-11)17(1-4(20)16-25)12(24)18(8)10-7(22)6(21)3(2-19)26-10/h3,6-7,10,19,21-22,25H,1-2H2,(H,16,20)(H3,13,14,15,23). The summed E-state index contributed by atoms with van der Waals surface area (Å²) >= 11 is 0. The summed E-state index contributed by atoms with van der Waals surface area (Å²) in [5.41, 5.74) is 4.32. The number of hydrogen-bond acceptors (Lipinski definition) is 10. The predicted molar refractivity (Wildman–Crippen MR) is 82.0 cm³/mol. The fraction of sp³-hybridized carbons (Fsp3) is 0.500. The highest BCUT2D eigenvalue weighted by Crippen LogP contribution is 2.30. The first-order valence-corrected chi connectivity index (χ1v) is 7.36. The number of hydroxylamine groups is 1. The summed E-state index contributed by atoms with van der Waals surface area (Å²) in [5, 5.41) is 37.9. The average Bonchev–Trinajstić information content (AvgIpc) is 3.02. The van der Waals surface area contributed by atoms with E-state index in [0.29, 0.717) is 4.57 Å². The molecule has 1 aliphatic rings. The first-order chi connectivity index (χ1) is 12.3. The van der Waals surface area contributed by atoms with Crippen molar-refractivity contribution < 1.29 is 30.1 Å². The highest BCUT2D eigenvalue weighted by atomic mass is 16.6. The Labute approximate surface area is 143 Å². The summed E-state index contributed by atoms with van der Waals surface area (Å²) in [7, 11) is 0. The zero-order chi connectivity index (χ0) is 19.2. The SMILES string of the molecule is Nc1nc2c(c(=O)[nH]1)n(CC(=O)NO)c(=O)n2C1OC(CO)C(O)C1O. The van der Waals surface area contributed by atoms with Crippen molar-refractivity contribution >= 4 is 23.0 Å². The number of ether oxygens (including phenoxy) is 1. The molecule has 1 saturated heterocycles. The largest absolute Gasteiger partial charge is 0.394 e. The van der Waals surface area contributed by atoms with Gasteiger partial charge in [-0.25, -0.2) is 14.8 Å². The Morgan fingerprint density at radius 1 is 1.35 bits per heavy atom. The molecular weight excluding hydrogens is 356 g/mol. The lowest BCUT2D eigenvalue weighted by Crippen LogP contribution is -2.37. The van der Waals surface area contributed by atoms with Crippen LogP contribution >= 0.6 is 0 Å². The minimum absolute atomic E-state index is 0.308. The summed E-state index contributed by atoms with van der Waals surface area (Å²) in [6.07, 6.45) is -5.81. The number of anilines is 1. The van der Waals surface area contributed by atoms with Crippen molar-refractivity contribution in [2.75, 3.05) is 12.3 Å². The van der Waals surface area contributed by atoms with Gasteiger partial charge in [-0.2, -0.15) is 4.98 Å². The summed E-state index contributed by atoms with van der Waals surface area (Å²) in [5.74, 6) is -1.34. The zero-order valence-corrected chi connectivity index (χ0v) is 13.1. The molecule has 14 nitrogen and oxygen atoms in total. The van der Waals surface area contributed by atoms with Gasteiger partial charge in [0.2, 0.25) is 5.95 Å². The molecule has 2 aromatic heterocycles. The predicted octanol–water partition coefficient (Wildman–Crippen LogP) is -4.41. The Hall–Kier alpha value is -2.78. The smallest absolute Gasteiger partial charge is 0.333 e. The first-order valence-electron chi connectivity index (χ1n) is 7.36. The number of carbonyl (C=O) groups is 1. The van der Waals surface area contributed by atoms with Crippen molar-refractivity contribution in [3.8, 4) is 0 Å². The first kappa shape index (κ1) is 18.0. The van der Waals surface area contributed by atoms with Crippen molar-refractivity contribution in [3.63, 3.8) is 0 Å². The van der Waals surface area contributed by atoms with Gasteiger partial charge in [-0.3, -0.25) is 24.3 Å². The van der Waals surface area contributed by atoms with Crippen LogP contribution in [0.1, 0.15) is 6.23 Å². The number of nitrogens with two attached hydrogens (primary N) is 1. The lowest BCUT2D eigenvalue weighted by molar-refractivity contribution is -0.129. The number of nitrogen functional groups attached to an aromatic ring is 1. The van der Waals surface area contributed by atoms with Gasteiger partial charge in [0, 0.05) is 0 Å². The molecule has 3 heterocycles. The fourth-order valence-electron chi connectivity index (χ4n) is 2.85. The molecule has 0 spiro atoms. The average molecular weight is 372 g/mol. The molecule has 4 unspecified atom stereocenters. The van der Waals surface area contributed by atoms with Crippen LogP contribution in [0, 0.1) is 0 Å². The van der Waals surface area contributed by atoms with Crippen LogP contribution in [0.5, 0.6) is 0 Å². The highest BCUT2D eigenvalue weighted by Gasteiger charge is 2.45. The number of hydrogen-bond donors (Lipinski definition) is 7. The molecule has 0 bridgehead atoms. The maximum absolute atomic E-state index is 12.7. The van der Waals surface area contributed by atoms with E-state index in [2.05, 4.69) is 9.97 Å². The zero-order valence-electron chi connectivity index (χ0n) is 13.1. The van der Waals surface area contributed by atoms with E-state index >= 15 is 0 Å². The number of fused-ring (bicyclic) bond motifs is 1. The van der Waals surface area contributed by atoms with Gasteiger partial charge >= 0.3 is 5.69 Å². The monoisotopic (exact) mass is 372 g/mol. The number of carbonyl (C=O) groups excluding carboxylic acids is 1. The Kier molecular flexibility index (Phi) is 4.51. The van der Waals surface area contributed by atoms with Gasteiger partial charge in [0.15, 0.2) is 17.4 Å². The highest BCUT2D eigenvalue weighted by molar-refractivity contribution is 5.78. The normalized spacial score (nSPS) is 25.7. The van der Waals surface area contributed by atoms with E-state index in [4.69, 9.17) is 15.7 Å². The van der Waals surface area contributed by atoms with Gasteiger partial charge in [-0.1, -0.05) is 0 Å². The van der Waals surface area contributed by atoms with E-state index in [9.17, 15) is 29.7 Å². The van der Waals surface area contributed by atoms with Gasteiger partial charge in [0.25, 0.3) is 11.5 Å². The van der Waals surface area contributed by atoms with Crippen LogP contribution in [0.15, 0.2) is 9.59 Å². The number of amides is 1. The van der Waals surface area contributed by atoms with Crippen molar-refractivity contribution in [1.29, 1.82) is 0 Å². The summed E-state index contributed by atoms with van der Waals surface area (Å²) in [6, 6.07) is 0. The minimum atomic E-state index is -1.63. The van der Waals surface area contributed by atoms with Crippen LogP contribution in [-0.4, -0.2) is 70.5 Å². The number of aliphatic hydroxyl groups excluding tert-OH is 3. The lowest BCUT2D eigenvalue weighted by atomic mass is 10.1. The van der Waals surface area contributed by atoms with Gasteiger partial charge in [-0.05, 0) is 0 Å². The third-order valence-electron chi connectivity index (χ3n) is 4.03. The van der Waals surface area contributed by atoms with Crippen LogP contribution in [0.25, 0.3) is 11.2 Å². The topological polar surface area (TPSA) is 218 Å². The van der Waals surface area contributed by atoms with Crippen LogP contribution in [-0.2, 0) is 16.1 Å². The molecule has 1 aliphatic heterocycles. The molecule has 0 radical (unpaired) electrons. The number of aromatic nitrogens is 4. The molecule has 2 aromatic rings. The molecule has 8 N–H and O–H groups in total. The number of rotatable bonds is 4. The Morgan fingerprint density at radius 2 is 2.04 bits per heavy atom. The van der Waals surface area contributed by atoms with Crippen LogP contribution < -0.4 is 22.5 Å². The van der Waals surface area contributed by atoms with Gasteiger partial charge in [0.05, 0.1) is 6.61 Å². The molecular formula is C12H16N6O8. The summed E-state index contributed by atoms with van der Waals surface area (Å²) in [4.78, 5) is 42.4. The van der Waals surface area contributed by atoms with E-state index in [1.54, 1.807) is 0 Å². The molecule has 0 saturated carbocycles. The number of imidazole rings is 1. The molecule has 0 aromatic carbocycles. The second kappa shape index (κ2) is 6.50. The Bertz CT molecular complexity index is 963. The molecule has 1 amide bonds. The number of nitrogens with one attached hydrogen (secondary N) is 2. The maximum Gasteiger partial charge on any atom is 0.333 e. The molecule has 0 aliphatic carbocycles. The fourth-order valence-corrected chi connectivity index (χ4v) is 2.85. The Balaban J connectivity index is 2.26. The number of H-pyrrole nitrogens is 1. The summed E-state index contributed by atoms with van der Waals surface area (Å²) in [6.45, 7) is -1.37. The molecule has 4 atom stereocenters. The van der Waals surface area contributed by atoms with E-state index < -0.39 is 54.8 Å². The Morgan fingerprint density at radius 3 is 2.62 bits per heavy atom. The van der Waals surface area contributed by atoms with Crippen LogP contribution in [0.3, 0.4) is 0 Å². The van der Waals surface area contributed by atoms with Crippen molar-refractivity contribution in [3.05, 3.63) is 20.8 Å². The number of aromatic amines is 1. The quantitative estimate of drug-likeness (QED) is 0.202. The van der Waals surface area contributed by atoms with Crippen LogP contribution in [0.4, 0.5) is 5.95 Å². The van der Waals surface area contributed by atoms with Gasteiger partial charge in [-0.15, -0.1) is 0 Å². The maximum atomic E-state index is 12.7. The number of aliphatic hydroxyl groups is 3. The van der Waals surface area contributed by atoms with Gasteiger partial charge in [0.1, 0.15) is 24.9 Å². The molecule has 142 valence electrons. The second-order valence-electron chi connectivity index (χ2n) is 5.63. The third-order valence-corrected chi connectivity index (χ3v) is 4.03. The van der Waals surface area contributed by atoms with Crippen molar-refractivity contribution in [1.82, 2.24) is 24.6 Å². The van der Waals surface area contributed by atoms with E-state index in [0.717, 1.165) is 4.57 Å². The van der Waals surface area contributed by atoms with E-state index in [1.165, 1.54) is 5.48 Å². The van der Waals surface area contributed by atoms with E-state index in [-0.39, 0.29) is 17.1 Å². The summed E-state index contributed by atoms with van der Waals surface area (Å²) < 4.78 is 6.73. The minimum Gasteiger partial charge on any atom is -0.394 e. The van der Waals surface area contributed by atoms with E-state index in [1.807, 2.05) is 0 Å². The van der Waals surface area contributed by atoms with Crippen molar-refractivity contribution in [2.45, 2.75) is 31.1 Å². The molecule has 26 heavy (non-hydrogen) atoms. The molecule has 3 rings (SSSR count). The third kappa shape index (κ3) is 2.65. The number of nitrogens with zero attached hydrogens (tertiary/aromatic N) is 3. The van der Waals surface area contributed by atoms with Crippen molar-refractivity contribution in [2.24, 2.45) is 0 Å². The molecule has 1 fully saturated rings. The molecule has 14 heteroatoms. The van der Waals surface area contributed by atoms with Crippen LogP contribution in [0.2, 0.25) is 0 Å². The second-order valence-corrected chi connectivity index (χ2v) is 5.63.